The summed E-state index contributed by atoms with van der Waals surface area (Å²) in [4.78, 5) is 40.7. The van der Waals surface area contributed by atoms with E-state index in [1.165, 1.54) is 0 Å². The second kappa shape index (κ2) is 11.8. The predicted molar refractivity (Wildman–Crippen MR) is 136 cm³/mol. The van der Waals surface area contributed by atoms with E-state index in [0.29, 0.717) is 30.8 Å². The molecule has 7 nitrogen and oxygen atoms in total. The van der Waals surface area contributed by atoms with Crippen LogP contribution >= 0.6 is 0 Å². The fraction of sp³-hybridized carbons (Fsp3) is 0.250. The summed E-state index contributed by atoms with van der Waals surface area (Å²) >= 11 is 0. The molecule has 3 N–H and O–H groups in total. The van der Waals surface area contributed by atoms with Gasteiger partial charge in [-0.15, -0.1) is 0 Å². The number of para-hydroxylation sites is 1. The van der Waals surface area contributed by atoms with Gasteiger partial charge in [0.15, 0.2) is 0 Å². The summed E-state index contributed by atoms with van der Waals surface area (Å²) in [7, 11) is 0. The van der Waals surface area contributed by atoms with Gasteiger partial charge in [-0.05, 0) is 42.7 Å². The number of carbonyl (C=O) groups is 3. The second-order valence-corrected chi connectivity index (χ2v) is 8.61. The summed E-state index contributed by atoms with van der Waals surface area (Å²) in [6.07, 6.45) is 2.04. The number of carbonyl (C=O) groups excluding carboxylic acids is 3. The zero-order valence-corrected chi connectivity index (χ0v) is 19.5. The van der Waals surface area contributed by atoms with Crippen LogP contribution in [0.2, 0.25) is 0 Å². The molecule has 1 aliphatic heterocycles. The molecule has 2 atom stereocenters. The lowest BCUT2D eigenvalue weighted by Crippen LogP contribution is -2.53. The minimum absolute atomic E-state index is 0.129. The highest BCUT2D eigenvalue weighted by molar-refractivity contribution is 5.97. The number of nitrogens with one attached hydrogen (secondary N) is 3. The summed E-state index contributed by atoms with van der Waals surface area (Å²) < 4.78 is 0. The van der Waals surface area contributed by atoms with Gasteiger partial charge >= 0.3 is 6.03 Å². The largest absolute Gasteiger partial charge is 0.340 e. The zero-order valence-electron chi connectivity index (χ0n) is 19.5. The third kappa shape index (κ3) is 6.69. The third-order valence-corrected chi connectivity index (χ3v) is 6.11. The van der Waals surface area contributed by atoms with Crippen LogP contribution in [0.1, 0.15) is 28.8 Å². The lowest BCUT2D eigenvalue weighted by molar-refractivity contribution is -0.134. The van der Waals surface area contributed by atoms with Gasteiger partial charge < -0.3 is 20.9 Å². The summed E-state index contributed by atoms with van der Waals surface area (Å²) in [6.45, 7) is 0.938. The predicted octanol–water partition coefficient (Wildman–Crippen LogP) is 3.84. The maximum Gasteiger partial charge on any atom is 0.319 e. The Morgan fingerprint density at radius 1 is 0.857 bits per heavy atom. The van der Waals surface area contributed by atoms with E-state index in [1.807, 2.05) is 66.7 Å². The number of rotatable bonds is 8. The average molecular weight is 471 g/mol. The first kappa shape index (κ1) is 24.0. The Bertz CT molecular complexity index is 1120. The Balaban J connectivity index is 1.42. The standard InChI is InChI=1S/C28H30N4O3/c33-26(22-13-6-2-7-14-22)31-25(19-21-11-4-1-5-12-21)27(34)32-18-10-17-24(32)20-29-28(35)30-23-15-8-3-9-16-23/h1-9,11-16,24-25H,10,17-20H2,(H,31,33)(H2,29,30,35)/t24-,25+/m0/s1. The first-order valence-corrected chi connectivity index (χ1v) is 11.9. The number of anilines is 1. The van der Waals surface area contributed by atoms with E-state index in [9.17, 15) is 14.4 Å². The van der Waals surface area contributed by atoms with Gasteiger partial charge in [-0.1, -0.05) is 66.7 Å². The lowest BCUT2D eigenvalue weighted by Gasteiger charge is -2.29. The van der Waals surface area contributed by atoms with Crippen LogP contribution in [0.5, 0.6) is 0 Å². The van der Waals surface area contributed by atoms with Crippen LogP contribution in [0.4, 0.5) is 10.5 Å². The van der Waals surface area contributed by atoms with Crippen LogP contribution in [0.15, 0.2) is 91.0 Å². The van der Waals surface area contributed by atoms with Crippen molar-refractivity contribution in [3.8, 4) is 0 Å². The Hall–Kier alpha value is -4.13. The number of urea groups is 1. The maximum absolute atomic E-state index is 13.6. The second-order valence-electron chi connectivity index (χ2n) is 8.61. The molecule has 0 bridgehead atoms. The number of nitrogens with zero attached hydrogens (tertiary/aromatic N) is 1. The molecule has 0 aliphatic carbocycles. The van der Waals surface area contributed by atoms with Crippen LogP contribution in [-0.2, 0) is 11.2 Å². The summed E-state index contributed by atoms with van der Waals surface area (Å²) in [5.41, 5.74) is 2.18. The quantitative estimate of drug-likeness (QED) is 0.467. The van der Waals surface area contributed by atoms with Crippen molar-refractivity contribution in [3.63, 3.8) is 0 Å². The topological polar surface area (TPSA) is 90.5 Å². The average Bonchev–Trinajstić information content (AvgIpc) is 3.37. The molecule has 0 unspecified atom stereocenters. The number of benzene rings is 3. The molecule has 3 aromatic rings. The molecule has 0 spiro atoms. The lowest BCUT2D eigenvalue weighted by atomic mass is 10.0. The summed E-state index contributed by atoms with van der Waals surface area (Å²) in [5.74, 6) is -0.415. The molecule has 7 heteroatoms. The molecular weight excluding hydrogens is 440 g/mol. The first-order valence-electron chi connectivity index (χ1n) is 11.9. The number of likely N-dealkylation sites (tertiary alicyclic amines) is 1. The van der Waals surface area contributed by atoms with E-state index < -0.39 is 6.04 Å². The van der Waals surface area contributed by atoms with Crippen molar-refractivity contribution >= 4 is 23.5 Å². The van der Waals surface area contributed by atoms with E-state index in [1.54, 1.807) is 29.2 Å². The monoisotopic (exact) mass is 470 g/mol. The highest BCUT2D eigenvalue weighted by Crippen LogP contribution is 2.19. The van der Waals surface area contributed by atoms with Gasteiger partial charge in [0.1, 0.15) is 6.04 Å². The molecule has 0 saturated carbocycles. The Morgan fingerprint density at radius 2 is 1.49 bits per heavy atom. The Labute approximate surface area is 205 Å². The molecular formula is C28H30N4O3. The molecule has 180 valence electrons. The fourth-order valence-corrected chi connectivity index (χ4v) is 4.33. The SMILES string of the molecule is O=C(NC[C@@H]1CCCN1C(=O)[C@@H](Cc1ccccc1)NC(=O)c1ccccc1)Nc1ccccc1. The van der Waals surface area contributed by atoms with Crippen LogP contribution < -0.4 is 16.0 Å². The smallest absolute Gasteiger partial charge is 0.319 e. The molecule has 4 amide bonds. The molecule has 0 aromatic heterocycles. The van der Waals surface area contributed by atoms with Gasteiger partial charge in [-0.2, -0.15) is 0 Å². The fourth-order valence-electron chi connectivity index (χ4n) is 4.33. The summed E-state index contributed by atoms with van der Waals surface area (Å²) in [6, 6.07) is 26.6. The van der Waals surface area contributed by atoms with E-state index in [-0.39, 0.29) is 23.9 Å². The molecule has 0 radical (unpaired) electrons. The van der Waals surface area contributed by atoms with Gasteiger partial charge in [0.2, 0.25) is 5.91 Å². The molecule has 4 rings (SSSR count). The van der Waals surface area contributed by atoms with Crippen molar-refractivity contribution in [2.75, 3.05) is 18.4 Å². The third-order valence-electron chi connectivity index (χ3n) is 6.11. The molecule has 35 heavy (non-hydrogen) atoms. The van der Waals surface area contributed by atoms with Gasteiger partial charge in [-0.3, -0.25) is 9.59 Å². The Kier molecular flexibility index (Phi) is 8.12. The first-order chi connectivity index (χ1) is 17.1. The van der Waals surface area contributed by atoms with Gasteiger partial charge in [0.25, 0.3) is 5.91 Å². The van der Waals surface area contributed by atoms with E-state index in [0.717, 1.165) is 18.4 Å². The van der Waals surface area contributed by atoms with Crippen molar-refractivity contribution in [1.82, 2.24) is 15.5 Å². The minimum atomic E-state index is -0.705. The van der Waals surface area contributed by atoms with Crippen molar-refractivity contribution < 1.29 is 14.4 Å². The van der Waals surface area contributed by atoms with Crippen molar-refractivity contribution in [1.29, 1.82) is 0 Å². The molecule has 3 aromatic carbocycles. The summed E-state index contributed by atoms with van der Waals surface area (Å²) in [5, 5.41) is 8.63. The van der Waals surface area contributed by atoms with Crippen LogP contribution in [0.25, 0.3) is 0 Å². The maximum atomic E-state index is 13.6. The van der Waals surface area contributed by atoms with Crippen molar-refractivity contribution in [2.45, 2.75) is 31.3 Å². The normalized spacial score (nSPS) is 15.8. The van der Waals surface area contributed by atoms with Gasteiger partial charge in [0, 0.05) is 36.8 Å². The van der Waals surface area contributed by atoms with E-state index in [2.05, 4.69) is 16.0 Å². The number of hydrogen-bond acceptors (Lipinski definition) is 3. The van der Waals surface area contributed by atoms with Crippen LogP contribution in [0.3, 0.4) is 0 Å². The van der Waals surface area contributed by atoms with Crippen LogP contribution in [0, 0.1) is 0 Å². The van der Waals surface area contributed by atoms with E-state index >= 15 is 0 Å². The minimum Gasteiger partial charge on any atom is -0.340 e. The number of amides is 4. The zero-order chi connectivity index (χ0) is 24.5. The number of hydrogen-bond donors (Lipinski definition) is 3. The van der Waals surface area contributed by atoms with Crippen molar-refractivity contribution in [2.24, 2.45) is 0 Å². The van der Waals surface area contributed by atoms with Gasteiger partial charge in [0.05, 0.1) is 0 Å². The van der Waals surface area contributed by atoms with Gasteiger partial charge in [-0.25, -0.2) is 4.79 Å². The van der Waals surface area contributed by atoms with Crippen LogP contribution in [-0.4, -0.2) is 47.9 Å². The van der Waals surface area contributed by atoms with Crippen molar-refractivity contribution in [3.05, 3.63) is 102 Å². The molecule has 1 fully saturated rings. The highest BCUT2D eigenvalue weighted by Gasteiger charge is 2.34. The molecule has 1 heterocycles. The molecule has 1 saturated heterocycles. The molecule has 1 aliphatic rings. The Morgan fingerprint density at radius 3 is 2.17 bits per heavy atom. The highest BCUT2D eigenvalue weighted by atomic mass is 16.2. The van der Waals surface area contributed by atoms with E-state index in [4.69, 9.17) is 0 Å².